The van der Waals surface area contributed by atoms with Crippen LogP contribution in [-0.2, 0) is 0 Å². The average molecular weight is 262 g/mol. The Morgan fingerprint density at radius 3 is 2.79 bits per heavy atom. The molecular weight excluding hydrogens is 240 g/mol. The van der Waals surface area contributed by atoms with Crippen molar-refractivity contribution >= 4 is 5.91 Å². The molecule has 1 aromatic rings. The molecule has 0 aliphatic heterocycles. The Morgan fingerprint density at radius 1 is 1.47 bits per heavy atom. The molecule has 1 fully saturated rings. The fraction of sp³-hybridized carbons (Fsp3) is 0.533. The molecule has 4 heteroatoms. The van der Waals surface area contributed by atoms with Crippen LogP contribution >= 0.6 is 0 Å². The molecule has 0 bridgehead atoms. The molecule has 19 heavy (non-hydrogen) atoms. The van der Waals surface area contributed by atoms with E-state index in [1.54, 1.807) is 0 Å². The lowest BCUT2D eigenvalue weighted by molar-refractivity contribution is 0.0747. The molecule has 1 saturated carbocycles. The van der Waals surface area contributed by atoms with Crippen LogP contribution in [0.4, 0.5) is 0 Å². The first-order valence-corrected chi connectivity index (χ1v) is 6.89. The summed E-state index contributed by atoms with van der Waals surface area (Å²) in [7, 11) is 0. The largest absolute Gasteiger partial charge is 0.491 e. The summed E-state index contributed by atoms with van der Waals surface area (Å²) < 4.78 is 5.63. The zero-order chi connectivity index (χ0) is 13.8. The number of hydrogen-bond acceptors (Lipinski definition) is 3. The molecule has 1 aliphatic carbocycles. The van der Waals surface area contributed by atoms with Gasteiger partial charge in [-0.3, -0.25) is 4.79 Å². The normalized spacial score (nSPS) is 14.5. The highest BCUT2D eigenvalue weighted by Crippen LogP contribution is 2.28. The van der Waals surface area contributed by atoms with Gasteiger partial charge in [0.25, 0.3) is 5.91 Å². The van der Waals surface area contributed by atoms with Crippen molar-refractivity contribution in [1.82, 2.24) is 4.90 Å². The van der Waals surface area contributed by atoms with Crippen LogP contribution < -0.4 is 10.5 Å². The maximum Gasteiger partial charge on any atom is 0.254 e. The van der Waals surface area contributed by atoms with Crippen LogP contribution in [0.15, 0.2) is 24.3 Å². The van der Waals surface area contributed by atoms with E-state index in [0.717, 1.165) is 18.6 Å². The molecule has 104 valence electrons. The van der Waals surface area contributed by atoms with Crippen LogP contribution in [0.3, 0.4) is 0 Å². The Hall–Kier alpha value is -1.55. The van der Waals surface area contributed by atoms with Gasteiger partial charge < -0.3 is 15.4 Å². The number of rotatable bonds is 6. The van der Waals surface area contributed by atoms with Crippen molar-refractivity contribution in [2.24, 2.45) is 5.73 Å². The van der Waals surface area contributed by atoms with Crippen molar-refractivity contribution in [3.8, 4) is 5.75 Å². The van der Waals surface area contributed by atoms with E-state index < -0.39 is 0 Å². The lowest BCUT2D eigenvalue weighted by Gasteiger charge is -2.22. The molecule has 1 amide bonds. The minimum absolute atomic E-state index is 0.0576. The van der Waals surface area contributed by atoms with E-state index >= 15 is 0 Å². The third-order valence-electron chi connectivity index (χ3n) is 3.07. The summed E-state index contributed by atoms with van der Waals surface area (Å²) in [5.41, 5.74) is 6.27. The number of amides is 1. The quantitative estimate of drug-likeness (QED) is 0.853. The van der Waals surface area contributed by atoms with Crippen molar-refractivity contribution in [3.63, 3.8) is 0 Å². The van der Waals surface area contributed by atoms with Crippen LogP contribution in [0.2, 0.25) is 0 Å². The van der Waals surface area contributed by atoms with Crippen molar-refractivity contribution in [2.75, 3.05) is 13.1 Å². The first kappa shape index (κ1) is 13.9. The van der Waals surface area contributed by atoms with E-state index in [9.17, 15) is 4.79 Å². The van der Waals surface area contributed by atoms with Crippen molar-refractivity contribution in [1.29, 1.82) is 0 Å². The number of benzene rings is 1. The highest BCUT2D eigenvalue weighted by atomic mass is 16.5. The molecule has 0 spiro atoms. The molecule has 1 aromatic carbocycles. The Bertz CT molecular complexity index is 442. The summed E-state index contributed by atoms with van der Waals surface area (Å²) in [6.07, 6.45) is 2.29. The van der Waals surface area contributed by atoms with E-state index in [1.165, 1.54) is 0 Å². The molecule has 0 radical (unpaired) electrons. The van der Waals surface area contributed by atoms with Gasteiger partial charge in [0.1, 0.15) is 5.75 Å². The van der Waals surface area contributed by atoms with Crippen LogP contribution in [-0.4, -0.2) is 36.0 Å². The highest BCUT2D eigenvalue weighted by molar-refractivity contribution is 5.95. The minimum atomic E-state index is 0.0576. The van der Waals surface area contributed by atoms with Crippen LogP contribution in [0.1, 0.15) is 37.0 Å². The zero-order valence-electron chi connectivity index (χ0n) is 11.6. The summed E-state index contributed by atoms with van der Waals surface area (Å²) >= 11 is 0. The molecule has 0 unspecified atom stereocenters. The van der Waals surface area contributed by atoms with Crippen molar-refractivity contribution in [2.45, 2.75) is 38.8 Å². The van der Waals surface area contributed by atoms with E-state index in [0.29, 0.717) is 24.7 Å². The predicted octanol–water partition coefficient (Wildman–Crippen LogP) is 2.04. The molecule has 0 aromatic heterocycles. The summed E-state index contributed by atoms with van der Waals surface area (Å²) in [6, 6.07) is 7.76. The summed E-state index contributed by atoms with van der Waals surface area (Å²) in [5.74, 6) is 0.798. The Kier molecular flexibility index (Phi) is 4.43. The molecule has 0 saturated heterocycles. The number of carbonyl (C=O) groups is 1. The molecule has 4 nitrogen and oxygen atoms in total. The lowest BCUT2D eigenvalue weighted by atomic mass is 10.2. The average Bonchev–Trinajstić information content (AvgIpc) is 3.19. The van der Waals surface area contributed by atoms with Gasteiger partial charge in [-0.15, -0.1) is 0 Å². The molecule has 1 aliphatic rings. The number of carbonyl (C=O) groups excluding carboxylic acids is 1. The van der Waals surface area contributed by atoms with E-state index in [2.05, 4.69) is 0 Å². The van der Waals surface area contributed by atoms with Gasteiger partial charge in [-0.25, -0.2) is 0 Å². The van der Waals surface area contributed by atoms with Gasteiger partial charge in [0, 0.05) is 24.7 Å². The molecule has 0 heterocycles. The first-order chi connectivity index (χ1) is 9.11. The van der Waals surface area contributed by atoms with Crippen LogP contribution in [0.25, 0.3) is 0 Å². The fourth-order valence-corrected chi connectivity index (χ4v) is 2.12. The third-order valence-corrected chi connectivity index (χ3v) is 3.07. The van der Waals surface area contributed by atoms with E-state index in [-0.39, 0.29) is 12.0 Å². The number of nitrogens with zero attached hydrogens (tertiary/aromatic N) is 1. The smallest absolute Gasteiger partial charge is 0.254 e. The summed E-state index contributed by atoms with van der Waals surface area (Å²) in [4.78, 5) is 14.4. The number of ether oxygens (including phenoxy) is 1. The van der Waals surface area contributed by atoms with Gasteiger partial charge in [0.05, 0.1) is 6.10 Å². The van der Waals surface area contributed by atoms with Gasteiger partial charge in [-0.1, -0.05) is 6.07 Å². The SMILES string of the molecule is CC(C)Oc1cccc(C(=O)N(CCN)C2CC2)c1. The van der Waals surface area contributed by atoms with Crippen LogP contribution in [0, 0.1) is 0 Å². The van der Waals surface area contributed by atoms with Crippen molar-refractivity contribution in [3.05, 3.63) is 29.8 Å². The van der Waals surface area contributed by atoms with Gasteiger partial charge in [0.15, 0.2) is 0 Å². The molecule has 2 N–H and O–H groups in total. The Morgan fingerprint density at radius 2 is 2.21 bits per heavy atom. The maximum atomic E-state index is 12.5. The second kappa shape index (κ2) is 6.06. The second-order valence-corrected chi connectivity index (χ2v) is 5.21. The molecule has 2 rings (SSSR count). The minimum Gasteiger partial charge on any atom is -0.491 e. The Balaban J connectivity index is 2.12. The number of nitrogens with two attached hydrogens (primary N) is 1. The van der Waals surface area contributed by atoms with E-state index in [4.69, 9.17) is 10.5 Å². The summed E-state index contributed by atoms with van der Waals surface area (Å²) in [5, 5.41) is 0. The van der Waals surface area contributed by atoms with Gasteiger partial charge in [0.2, 0.25) is 0 Å². The third kappa shape index (κ3) is 3.70. The second-order valence-electron chi connectivity index (χ2n) is 5.21. The first-order valence-electron chi connectivity index (χ1n) is 6.89. The number of hydrogen-bond donors (Lipinski definition) is 1. The molecular formula is C15H22N2O2. The van der Waals surface area contributed by atoms with Crippen LogP contribution in [0.5, 0.6) is 5.75 Å². The zero-order valence-corrected chi connectivity index (χ0v) is 11.6. The fourth-order valence-electron chi connectivity index (χ4n) is 2.12. The van der Waals surface area contributed by atoms with Gasteiger partial charge in [-0.2, -0.15) is 0 Å². The lowest BCUT2D eigenvalue weighted by Crippen LogP contribution is -2.37. The maximum absolute atomic E-state index is 12.5. The van der Waals surface area contributed by atoms with E-state index in [1.807, 2.05) is 43.0 Å². The Labute approximate surface area is 114 Å². The summed E-state index contributed by atoms with van der Waals surface area (Å²) in [6.45, 7) is 5.07. The van der Waals surface area contributed by atoms with Gasteiger partial charge >= 0.3 is 0 Å². The molecule has 0 atom stereocenters. The van der Waals surface area contributed by atoms with Crippen molar-refractivity contribution < 1.29 is 9.53 Å². The highest BCUT2D eigenvalue weighted by Gasteiger charge is 2.32. The monoisotopic (exact) mass is 262 g/mol. The topological polar surface area (TPSA) is 55.6 Å². The standard InChI is InChI=1S/C15H22N2O2/c1-11(2)19-14-5-3-4-12(10-14)15(18)17(9-8-16)13-6-7-13/h3-5,10-11,13H,6-9,16H2,1-2H3. The predicted molar refractivity (Wildman–Crippen MR) is 75.3 cm³/mol. The van der Waals surface area contributed by atoms with Gasteiger partial charge in [-0.05, 0) is 44.9 Å².